The Hall–Kier alpha value is -11.0. The number of anilines is 1. The SMILES string of the molecule is Cc1ccc(C2=C(n3c4c(c5cc(C)ccc53)CN(C)CC4)CCC2)cc1.Cc1ccc2c(c1)c1c(n2C2=C(c3ccccc3)CCC2)CCN(C)C1.Cc1ccc2c(c1)c1c(n2C2=C(c3cnc(N(C)C)nc3)CCC2)CCN(C)C1.Cc1ccc2c(c1)c1c(n2C2=C(c3sccc3C)CCC2)CCN(C)C1.Cc1csc(C2=C(n3c4c(c5cc(C)ccc53)CN(C)CC4)CCC2)c1. The van der Waals surface area contributed by atoms with Crippen molar-refractivity contribution in [3.05, 3.63) is 308 Å². The minimum absolute atomic E-state index is 0.760. The van der Waals surface area contributed by atoms with Gasteiger partial charge in [0.15, 0.2) is 0 Å². The van der Waals surface area contributed by atoms with Gasteiger partial charge >= 0.3 is 0 Å². The molecule has 688 valence electrons. The number of benzene rings is 7. The summed E-state index contributed by atoms with van der Waals surface area (Å²) in [4.78, 5) is 26.3. The predicted molar refractivity (Wildman–Crippen MR) is 570 cm³/mol. The first kappa shape index (κ1) is 89.5. The van der Waals surface area contributed by atoms with Gasteiger partial charge < -0.3 is 52.2 Å². The summed E-state index contributed by atoms with van der Waals surface area (Å²) in [6, 6.07) is 59.8. The van der Waals surface area contributed by atoms with Gasteiger partial charge in [-0.3, -0.25) is 0 Å². The summed E-state index contributed by atoms with van der Waals surface area (Å²) in [5.74, 6) is 0.760. The van der Waals surface area contributed by atoms with Crippen molar-refractivity contribution < 1.29 is 0 Å². The molecule has 0 saturated carbocycles. The van der Waals surface area contributed by atoms with Crippen molar-refractivity contribution in [2.24, 2.45) is 0 Å². The molecule has 15 heteroatoms. The maximum absolute atomic E-state index is 4.57. The number of fused-ring (bicyclic) bond motifs is 15. The lowest BCUT2D eigenvalue weighted by Gasteiger charge is -2.25. The number of hydrogen-bond donors (Lipinski definition) is 0. The minimum Gasteiger partial charge on any atom is -0.347 e. The molecule has 5 aliphatic heterocycles. The Morgan fingerprint density at radius 3 is 0.910 bits per heavy atom. The van der Waals surface area contributed by atoms with Gasteiger partial charge in [0.25, 0.3) is 0 Å². The zero-order valence-corrected chi connectivity index (χ0v) is 83.8. The molecule has 13 nitrogen and oxygen atoms in total. The molecule has 10 aliphatic rings. The van der Waals surface area contributed by atoms with E-state index in [1.54, 1.807) is 84.4 Å². The topological polar surface area (TPSA) is 69.9 Å². The van der Waals surface area contributed by atoms with Crippen LogP contribution >= 0.6 is 22.7 Å². The molecule has 5 aliphatic carbocycles. The van der Waals surface area contributed by atoms with Crippen molar-refractivity contribution in [3.8, 4) is 0 Å². The van der Waals surface area contributed by atoms with Crippen LogP contribution in [0.1, 0.15) is 224 Å². The standard InChI is InChI=1S/C25H28N2.C24H29N5.C24H26N2.2C23H26N2S/c1-17-7-10-19(11-8-17)20-5-4-6-23(20)27-24-12-9-18(2)15-21(24)22-16-26(3)14-13-25(22)27;1-16-8-9-22-19(12-16)20-15-28(4)11-10-23(20)29(22)21-7-5-6-18(21)17-13-25-24(26-14-17)27(2)3;1-17-11-12-23-20(15-17)21-16-25(2)14-13-24(21)26(23)22-10-6-9-19(22)18-7-4-3-5-8-18;1-15-7-8-21-18(13-15)19-14-24(3)11-9-22(19)25(21)20-6-4-5-17(20)23-16(2)10-12-26-23;1-15-7-8-21-18(11-15)19-13-24(3)10-9-22(19)25(21)20-6-4-5-17(20)23-12-16(2)14-26-23/h7-12,15H,4-6,13-14,16H2,1-3H3;8-9,12-14H,5-7,10-11,15H2,1-4H3;3-5,7-8,11-12,15H,6,9-10,13-14,16H2,1-2H3;7-8,10,12-13H,4-6,9,11,14H2,1-3H3;7-8,11-12,14H,4-6,9-10,13H2,1-3H3. The number of allylic oxidation sites excluding steroid dienone is 10. The molecule has 0 spiro atoms. The number of thiophene rings is 2. The summed E-state index contributed by atoms with van der Waals surface area (Å²) >= 11 is 3.83. The molecule has 0 fully saturated rings. The Balaban J connectivity index is 0.000000101. The van der Waals surface area contributed by atoms with E-state index < -0.39 is 0 Å². The highest BCUT2D eigenvalue weighted by atomic mass is 32.1. The van der Waals surface area contributed by atoms with Gasteiger partial charge in [0.1, 0.15) is 0 Å². The third kappa shape index (κ3) is 17.0. The van der Waals surface area contributed by atoms with E-state index in [-0.39, 0.29) is 0 Å². The summed E-state index contributed by atoms with van der Waals surface area (Å²) in [5, 5.41) is 11.8. The van der Waals surface area contributed by atoms with E-state index in [4.69, 9.17) is 0 Å². The molecule has 0 saturated heterocycles. The molecule has 0 unspecified atom stereocenters. The average Bonchev–Trinajstić information content (AvgIpc) is 1.60. The Labute approximate surface area is 802 Å². The molecule has 8 aromatic heterocycles. The zero-order chi connectivity index (χ0) is 92.0. The van der Waals surface area contributed by atoms with Crippen molar-refractivity contribution in [1.82, 2.24) is 57.3 Å². The summed E-state index contributed by atoms with van der Waals surface area (Å²) in [6.45, 7) is 28.7. The van der Waals surface area contributed by atoms with Gasteiger partial charge in [-0.05, 0) is 348 Å². The third-order valence-electron chi connectivity index (χ3n) is 30.8. The fraction of sp³-hybridized carbons (Fsp3) is 0.378. The average molecular weight is 1810 g/mol. The van der Waals surface area contributed by atoms with Gasteiger partial charge in [-0.25, -0.2) is 9.97 Å². The highest BCUT2D eigenvalue weighted by Gasteiger charge is 2.35. The lowest BCUT2D eigenvalue weighted by atomic mass is 10.0. The highest BCUT2D eigenvalue weighted by Crippen LogP contribution is 2.51. The van der Waals surface area contributed by atoms with Gasteiger partial charge in [-0.1, -0.05) is 118 Å². The number of hydrogen-bond acceptors (Lipinski definition) is 10. The molecule has 25 rings (SSSR count). The van der Waals surface area contributed by atoms with Crippen LogP contribution in [0.2, 0.25) is 0 Å². The normalized spacial score (nSPS) is 17.8. The molecular weight excluding hydrogens is 1680 g/mol. The number of likely N-dealkylation sites (N-methyl/N-ethyl adjacent to an activating group) is 5. The van der Waals surface area contributed by atoms with E-state index in [1.807, 2.05) is 54.1 Å². The van der Waals surface area contributed by atoms with Gasteiger partial charge in [0.2, 0.25) is 5.95 Å². The second-order valence-corrected chi connectivity index (χ2v) is 42.9. The second-order valence-electron chi connectivity index (χ2n) is 41.1. The second kappa shape index (κ2) is 37.6. The first-order valence-electron chi connectivity index (χ1n) is 50.0. The van der Waals surface area contributed by atoms with Crippen molar-refractivity contribution in [2.45, 2.75) is 217 Å². The number of aromatic nitrogens is 7. The Kier molecular flexibility index (Phi) is 25.1. The number of aryl methyl sites for hydroxylation is 8. The molecule has 0 amide bonds. The van der Waals surface area contributed by atoms with E-state index in [2.05, 4.69) is 316 Å². The quantitative estimate of drug-likeness (QED) is 0.127. The fourth-order valence-electron chi connectivity index (χ4n) is 24.3. The largest absolute Gasteiger partial charge is 0.347 e. The van der Waals surface area contributed by atoms with Gasteiger partial charge in [0.05, 0.1) is 27.6 Å². The van der Waals surface area contributed by atoms with Crippen LogP contribution in [-0.4, -0.2) is 139 Å². The lowest BCUT2D eigenvalue weighted by molar-refractivity contribution is 0.311. The zero-order valence-electron chi connectivity index (χ0n) is 82.2. The first-order chi connectivity index (χ1) is 65.1. The van der Waals surface area contributed by atoms with Crippen LogP contribution in [0.25, 0.3) is 111 Å². The maximum Gasteiger partial charge on any atom is 0.224 e. The monoisotopic (exact) mass is 1810 g/mol. The number of nitrogens with zero attached hydrogens (tertiary/aromatic N) is 13. The molecule has 0 atom stereocenters. The van der Waals surface area contributed by atoms with Crippen LogP contribution in [0.4, 0.5) is 5.95 Å². The molecule has 15 aromatic rings. The van der Waals surface area contributed by atoms with Crippen LogP contribution in [0.3, 0.4) is 0 Å². The van der Waals surface area contributed by atoms with Crippen LogP contribution < -0.4 is 4.90 Å². The molecule has 0 radical (unpaired) electrons. The fourth-order valence-corrected chi connectivity index (χ4v) is 26.3. The van der Waals surface area contributed by atoms with Crippen molar-refractivity contribution in [3.63, 3.8) is 0 Å². The molecule has 0 N–H and O–H groups in total. The van der Waals surface area contributed by atoms with E-state index in [9.17, 15) is 0 Å². The van der Waals surface area contributed by atoms with Gasteiger partial charge in [0, 0.05) is 223 Å². The Morgan fingerprint density at radius 2 is 0.590 bits per heavy atom. The minimum atomic E-state index is 0.760. The van der Waals surface area contributed by atoms with Crippen LogP contribution in [0.15, 0.2) is 181 Å². The van der Waals surface area contributed by atoms with E-state index in [0.717, 1.165) is 116 Å². The lowest BCUT2D eigenvalue weighted by Crippen LogP contribution is -2.27. The van der Waals surface area contributed by atoms with Crippen molar-refractivity contribution >= 4 is 139 Å². The summed E-state index contributed by atoms with van der Waals surface area (Å²) in [5.41, 5.74) is 52.7. The predicted octanol–water partition coefficient (Wildman–Crippen LogP) is 27.4. The molecule has 13 heterocycles. The molecule has 0 bridgehead atoms. The highest BCUT2D eigenvalue weighted by molar-refractivity contribution is 7.11. The van der Waals surface area contributed by atoms with Gasteiger partial charge in [-0.2, -0.15) is 0 Å². The van der Waals surface area contributed by atoms with Crippen LogP contribution in [0.5, 0.6) is 0 Å². The smallest absolute Gasteiger partial charge is 0.224 e. The van der Waals surface area contributed by atoms with Gasteiger partial charge in [-0.15, -0.1) is 22.7 Å². The number of rotatable bonds is 11. The molecule has 7 aromatic carbocycles. The van der Waals surface area contributed by atoms with E-state index in [1.165, 1.54) is 237 Å². The molecular formula is C119H135N13S2. The van der Waals surface area contributed by atoms with Crippen molar-refractivity contribution in [2.75, 3.05) is 87.0 Å². The summed E-state index contributed by atoms with van der Waals surface area (Å²) in [7, 11) is 15.2. The summed E-state index contributed by atoms with van der Waals surface area (Å²) in [6.07, 6.45) is 27.8. The third-order valence-corrected chi connectivity index (χ3v) is 33.0. The van der Waals surface area contributed by atoms with Crippen molar-refractivity contribution in [1.29, 1.82) is 0 Å². The van der Waals surface area contributed by atoms with Crippen LogP contribution in [-0.2, 0) is 64.8 Å². The Morgan fingerprint density at radius 1 is 0.284 bits per heavy atom. The molecule has 134 heavy (non-hydrogen) atoms. The maximum atomic E-state index is 4.57. The van der Waals surface area contributed by atoms with E-state index in [0.29, 0.717) is 0 Å². The van der Waals surface area contributed by atoms with Crippen LogP contribution in [0, 0.1) is 55.4 Å². The first-order valence-corrected chi connectivity index (χ1v) is 51.8. The summed E-state index contributed by atoms with van der Waals surface area (Å²) < 4.78 is 13.2. The van der Waals surface area contributed by atoms with E-state index >= 15 is 0 Å². The Bertz CT molecular complexity index is 7220.